The summed E-state index contributed by atoms with van der Waals surface area (Å²) in [7, 11) is 3.43. The molecule has 0 amide bonds. The summed E-state index contributed by atoms with van der Waals surface area (Å²) in [6.07, 6.45) is 1.12. The first kappa shape index (κ1) is 6.56. The Hall–Kier alpha value is -0.563. The van der Waals surface area contributed by atoms with Gasteiger partial charge in [0.1, 0.15) is 0 Å². The molecule has 45 valence electrons. The third-order valence-corrected chi connectivity index (χ3v) is 1.51. The first-order chi connectivity index (χ1) is 4.43. The molecule has 0 spiro atoms. The smallest absolute Gasteiger partial charge is 0.0225 e. The van der Waals surface area contributed by atoms with E-state index >= 15 is 0 Å². The van der Waals surface area contributed by atoms with Gasteiger partial charge in [0.2, 0.25) is 0 Å². The molecule has 0 atom stereocenters. The molecule has 1 rings (SSSR count). The zero-order valence-corrected chi connectivity index (χ0v) is 6.30. The highest BCUT2D eigenvalue weighted by atomic mass is 28.1. The molecule has 9 heavy (non-hydrogen) atoms. The highest BCUT2D eigenvalue weighted by Gasteiger charge is 1.84. The summed E-state index contributed by atoms with van der Waals surface area (Å²) >= 11 is 0. The summed E-state index contributed by atoms with van der Waals surface area (Å²) < 4.78 is 0. The first-order valence-electron chi connectivity index (χ1n) is 3.12. The standard InChI is InChI=1S/C8H9Si/c9-7-6-8-4-2-1-3-5-8/h1-5H,6-7H2. The van der Waals surface area contributed by atoms with E-state index < -0.39 is 0 Å². The van der Waals surface area contributed by atoms with Crippen LogP contribution in [0.15, 0.2) is 30.3 Å². The van der Waals surface area contributed by atoms with E-state index in [-0.39, 0.29) is 0 Å². The Morgan fingerprint density at radius 1 is 1.11 bits per heavy atom. The van der Waals surface area contributed by atoms with Crippen LogP contribution in [0.5, 0.6) is 0 Å². The molecule has 0 nitrogen and oxygen atoms in total. The van der Waals surface area contributed by atoms with Gasteiger partial charge in [0.25, 0.3) is 0 Å². The molecule has 0 aliphatic heterocycles. The lowest BCUT2D eigenvalue weighted by molar-refractivity contribution is 1.13. The molecule has 0 aliphatic carbocycles. The van der Waals surface area contributed by atoms with Crippen molar-refractivity contribution in [1.29, 1.82) is 0 Å². The minimum Gasteiger partial charge on any atom is -0.0622 e. The van der Waals surface area contributed by atoms with Gasteiger partial charge in [0.15, 0.2) is 0 Å². The number of hydrogen-bond acceptors (Lipinski definition) is 0. The molecule has 0 unspecified atom stereocenters. The summed E-state index contributed by atoms with van der Waals surface area (Å²) in [5.41, 5.74) is 1.40. The fourth-order valence-electron chi connectivity index (χ4n) is 0.789. The molecule has 0 heterocycles. The minimum atomic E-state index is 1.05. The lowest BCUT2D eigenvalue weighted by Crippen LogP contribution is -1.80. The molecular weight excluding hydrogens is 124 g/mol. The van der Waals surface area contributed by atoms with E-state index in [1.807, 2.05) is 6.07 Å². The molecule has 1 aromatic rings. The molecule has 1 aromatic carbocycles. The van der Waals surface area contributed by atoms with E-state index in [0.717, 1.165) is 12.5 Å². The normalized spacial score (nSPS) is 9.44. The predicted octanol–water partition coefficient (Wildman–Crippen LogP) is 1.82. The van der Waals surface area contributed by atoms with E-state index in [1.54, 1.807) is 0 Å². The number of benzene rings is 1. The average Bonchev–Trinajstić information content (AvgIpc) is 1.91. The maximum Gasteiger partial charge on any atom is 0.0225 e. The Morgan fingerprint density at radius 3 is 2.33 bits per heavy atom. The maximum atomic E-state index is 3.43. The van der Waals surface area contributed by atoms with Crippen LogP contribution in [-0.2, 0) is 6.42 Å². The van der Waals surface area contributed by atoms with Gasteiger partial charge < -0.3 is 0 Å². The van der Waals surface area contributed by atoms with E-state index in [9.17, 15) is 0 Å². The highest BCUT2D eigenvalue weighted by molar-refractivity contribution is 6.08. The van der Waals surface area contributed by atoms with Crippen molar-refractivity contribution in [3.63, 3.8) is 0 Å². The Kier molecular flexibility index (Phi) is 2.52. The Bertz CT molecular complexity index is 157. The van der Waals surface area contributed by atoms with Crippen molar-refractivity contribution in [2.24, 2.45) is 0 Å². The first-order valence-corrected chi connectivity index (χ1v) is 3.82. The molecule has 3 radical (unpaired) electrons. The molecule has 0 N–H and O–H groups in total. The van der Waals surface area contributed by atoms with Crippen LogP contribution in [0.3, 0.4) is 0 Å². The molecule has 0 aromatic heterocycles. The monoisotopic (exact) mass is 133 g/mol. The van der Waals surface area contributed by atoms with E-state index in [1.165, 1.54) is 5.56 Å². The van der Waals surface area contributed by atoms with Crippen molar-refractivity contribution in [2.45, 2.75) is 12.5 Å². The van der Waals surface area contributed by atoms with Gasteiger partial charge in [-0.05, 0) is 12.0 Å². The van der Waals surface area contributed by atoms with Crippen LogP contribution in [0.1, 0.15) is 5.56 Å². The van der Waals surface area contributed by atoms with Crippen molar-refractivity contribution < 1.29 is 0 Å². The van der Waals surface area contributed by atoms with Gasteiger partial charge in [-0.15, -0.1) is 0 Å². The maximum absolute atomic E-state index is 3.43. The van der Waals surface area contributed by atoms with Crippen LogP contribution in [0.25, 0.3) is 0 Å². The zero-order chi connectivity index (χ0) is 6.53. The Labute approximate surface area is 59.3 Å². The van der Waals surface area contributed by atoms with Gasteiger partial charge in [0, 0.05) is 10.2 Å². The zero-order valence-electron chi connectivity index (χ0n) is 5.30. The van der Waals surface area contributed by atoms with Gasteiger partial charge >= 0.3 is 0 Å². The summed E-state index contributed by atoms with van der Waals surface area (Å²) in [6.45, 7) is 0. The summed E-state index contributed by atoms with van der Waals surface area (Å²) in [5.74, 6) is 0. The Morgan fingerprint density at radius 2 is 1.78 bits per heavy atom. The van der Waals surface area contributed by atoms with Gasteiger partial charge in [-0.3, -0.25) is 0 Å². The van der Waals surface area contributed by atoms with Gasteiger partial charge in [-0.1, -0.05) is 36.4 Å². The molecule has 0 bridgehead atoms. The second-order valence-corrected chi connectivity index (χ2v) is 2.49. The van der Waals surface area contributed by atoms with Gasteiger partial charge in [-0.25, -0.2) is 0 Å². The van der Waals surface area contributed by atoms with Crippen LogP contribution in [0, 0.1) is 0 Å². The molecule has 1 heteroatoms. The lowest BCUT2D eigenvalue weighted by atomic mass is 10.2. The van der Waals surface area contributed by atoms with Gasteiger partial charge in [-0.2, -0.15) is 0 Å². The van der Waals surface area contributed by atoms with Crippen molar-refractivity contribution >= 4 is 10.2 Å². The fraction of sp³-hybridized carbons (Fsp3) is 0.250. The van der Waals surface area contributed by atoms with E-state index in [4.69, 9.17) is 0 Å². The second kappa shape index (κ2) is 3.46. The molecular formula is C8H9Si. The number of rotatable bonds is 2. The number of hydrogen-bond donors (Lipinski definition) is 0. The van der Waals surface area contributed by atoms with Crippen molar-refractivity contribution in [1.82, 2.24) is 0 Å². The van der Waals surface area contributed by atoms with Crippen LogP contribution in [-0.4, -0.2) is 10.2 Å². The van der Waals surface area contributed by atoms with E-state index in [0.29, 0.717) is 0 Å². The largest absolute Gasteiger partial charge is 0.0622 e. The molecule has 0 saturated heterocycles. The fourth-order valence-corrected chi connectivity index (χ4v) is 1.08. The highest BCUT2D eigenvalue weighted by Crippen LogP contribution is 1.99. The van der Waals surface area contributed by atoms with Crippen LogP contribution >= 0.6 is 0 Å². The lowest BCUT2D eigenvalue weighted by Gasteiger charge is -1.93. The SMILES string of the molecule is [Si]CCc1ccccc1. The summed E-state index contributed by atoms with van der Waals surface area (Å²) in [5, 5.41) is 0. The summed E-state index contributed by atoms with van der Waals surface area (Å²) in [6, 6.07) is 11.5. The van der Waals surface area contributed by atoms with Crippen molar-refractivity contribution in [3.8, 4) is 0 Å². The second-order valence-electron chi connectivity index (χ2n) is 1.99. The van der Waals surface area contributed by atoms with Crippen LogP contribution in [0.4, 0.5) is 0 Å². The third kappa shape index (κ3) is 2.02. The topological polar surface area (TPSA) is 0 Å². The molecule has 0 saturated carbocycles. The quantitative estimate of drug-likeness (QED) is 0.540. The molecule has 0 aliphatic rings. The average molecular weight is 133 g/mol. The van der Waals surface area contributed by atoms with E-state index in [2.05, 4.69) is 34.5 Å². The predicted molar refractivity (Wildman–Crippen MR) is 40.7 cm³/mol. The third-order valence-electron chi connectivity index (χ3n) is 1.26. The summed E-state index contributed by atoms with van der Waals surface area (Å²) in [4.78, 5) is 0. The van der Waals surface area contributed by atoms with Crippen molar-refractivity contribution in [3.05, 3.63) is 35.9 Å². The molecule has 0 fully saturated rings. The van der Waals surface area contributed by atoms with Crippen molar-refractivity contribution in [2.75, 3.05) is 0 Å². The number of aryl methyl sites for hydroxylation is 1. The van der Waals surface area contributed by atoms with Gasteiger partial charge in [0.05, 0.1) is 0 Å². The minimum absolute atomic E-state index is 1.05. The van der Waals surface area contributed by atoms with Crippen LogP contribution < -0.4 is 0 Å². The Balaban J connectivity index is 2.61. The van der Waals surface area contributed by atoms with Crippen LogP contribution in [0.2, 0.25) is 6.04 Å².